The minimum absolute atomic E-state index is 0.0217. The third-order valence-electron chi connectivity index (χ3n) is 7.03. The quantitative estimate of drug-likeness (QED) is 0.483. The van der Waals surface area contributed by atoms with Crippen molar-refractivity contribution < 1.29 is 18.8 Å². The van der Waals surface area contributed by atoms with E-state index in [1.807, 2.05) is 43.4 Å². The number of hydrogen-bond donors (Lipinski definition) is 0. The number of rotatable bonds is 6. The van der Waals surface area contributed by atoms with Gasteiger partial charge in [-0.05, 0) is 48.2 Å². The zero-order valence-corrected chi connectivity index (χ0v) is 20.2. The predicted molar refractivity (Wildman–Crippen MR) is 135 cm³/mol. The zero-order valence-electron chi connectivity index (χ0n) is 20.2. The van der Waals surface area contributed by atoms with E-state index in [-0.39, 0.29) is 30.2 Å². The molecule has 3 aromatic carbocycles. The van der Waals surface area contributed by atoms with E-state index in [0.29, 0.717) is 49.2 Å². The molecule has 3 aromatic rings. The highest BCUT2D eigenvalue weighted by atomic mass is 19.1. The Kier molecular flexibility index (Phi) is 6.55. The lowest BCUT2D eigenvalue weighted by Gasteiger charge is -2.35. The highest BCUT2D eigenvalue weighted by Gasteiger charge is 2.39. The normalized spacial score (nSPS) is 15.8. The van der Waals surface area contributed by atoms with Crippen molar-refractivity contribution in [1.29, 1.82) is 0 Å². The average Bonchev–Trinajstić information content (AvgIpc) is 3.14. The number of hydrogen-bond acceptors (Lipinski definition) is 4. The first-order valence-corrected chi connectivity index (χ1v) is 12.2. The van der Waals surface area contributed by atoms with E-state index in [0.717, 1.165) is 11.3 Å². The Morgan fingerprint density at radius 1 is 0.917 bits per heavy atom. The van der Waals surface area contributed by atoms with Gasteiger partial charge >= 0.3 is 0 Å². The second kappa shape index (κ2) is 9.93. The lowest BCUT2D eigenvalue weighted by atomic mass is 9.94. The molecule has 0 spiro atoms. The third-order valence-corrected chi connectivity index (χ3v) is 7.03. The lowest BCUT2D eigenvalue weighted by Crippen LogP contribution is -2.41. The van der Waals surface area contributed by atoms with Gasteiger partial charge in [-0.3, -0.25) is 19.3 Å². The first-order chi connectivity index (χ1) is 17.4. The number of carbonyl (C=O) groups excluding carboxylic acids is 3. The molecule has 2 aliphatic heterocycles. The van der Waals surface area contributed by atoms with E-state index in [2.05, 4.69) is 4.90 Å². The number of benzene rings is 3. The van der Waals surface area contributed by atoms with Crippen molar-refractivity contribution in [2.75, 3.05) is 25.0 Å². The van der Waals surface area contributed by atoms with Crippen LogP contribution in [0.25, 0.3) is 0 Å². The maximum atomic E-state index is 13.6. The second-order valence-corrected chi connectivity index (χ2v) is 9.47. The van der Waals surface area contributed by atoms with Crippen molar-refractivity contribution in [3.8, 4) is 0 Å². The van der Waals surface area contributed by atoms with Gasteiger partial charge in [0, 0.05) is 32.6 Å². The summed E-state index contributed by atoms with van der Waals surface area (Å²) < 4.78 is 13.6. The van der Waals surface area contributed by atoms with Crippen LogP contribution >= 0.6 is 0 Å². The summed E-state index contributed by atoms with van der Waals surface area (Å²) in [7, 11) is 1.84. The molecule has 6 nitrogen and oxygen atoms in total. The van der Waals surface area contributed by atoms with Gasteiger partial charge in [0.15, 0.2) is 0 Å². The minimum Gasteiger partial charge on any atom is -0.371 e. The number of imide groups is 1. The molecule has 0 radical (unpaired) electrons. The number of anilines is 1. The van der Waals surface area contributed by atoms with Gasteiger partial charge in [0.25, 0.3) is 11.8 Å². The molecule has 0 unspecified atom stereocenters. The molecule has 0 aliphatic carbocycles. The number of carbonyl (C=O) groups is 3. The first-order valence-electron chi connectivity index (χ1n) is 12.2. The van der Waals surface area contributed by atoms with Gasteiger partial charge < -0.3 is 9.80 Å². The van der Waals surface area contributed by atoms with E-state index >= 15 is 0 Å². The Balaban J connectivity index is 1.27. The largest absolute Gasteiger partial charge is 0.371 e. The van der Waals surface area contributed by atoms with Crippen molar-refractivity contribution in [2.45, 2.75) is 25.9 Å². The highest BCUT2D eigenvalue weighted by molar-refractivity contribution is 6.23. The van der Waals surface area contributed by atoms with Crippen LogP contribution in [0, 0.1) is 11.7 Å². The van der Waals surface area contributed by atoms with Crippen LogP contribution in [0.5, 0.6) is 0 Å². The molecule has 3 amide bonds. The molecule has 0 N–H and O–H groups in total. The molecule has 0 saturated carbocycles. The molecule has 0 bridgehead atoms. The van der Waals surface area contributed by atoms with Gasteiger partial charge in [-0.15, -0.1) is 0 Å². The Labute approximate surface area is 209 Å². The van der Waals surface area contributed by atoms with E-state index in [4.69, 9.17) is 0 Å². The maximum Gasteiger partial charge on any atom is 0.263 e. The van der Waals surface area contributed by atoms with Crippen LogP contribution in [0.15, 0.2) is 72.8 Å². The maximum absolute atomic E-state index is 13.6. The molecular weight excluding hydrogens is 457 g/mol. The second-order valence-electron chi connectivity index (χ2n) is 9.47. The molecule has 1 fully saturated rings. The van der Waals surface area contributed by atoms with E-state index < -0.39 is 5.82 Å². The topological polar surface area (TPSA) is 60.9 Å². The molecule has 7 heteroatoms. The van der Waals surface area contributed by atoms with Crippen LogP contribution in [0.2, 0.25) is 0 Å². The molecule has 184 valence electrons. The summed E-state index contributed by atoms with van der Waals surface area (Å²) in [5.74, 6) is -1.08. The number of nitrogens with zero attached hydrogens (tertiary/aromatic N) is 3. The van der Waals surface area contributed by atoms with Crippen molar-refractivity contribution in [1.82, 2.24) is 9.80 Å². The van der Waals surface area contributed by atoms with Gasteiger partial charge in [-0.25, -0.2) is 4.39 Å². The summed E-state index contributed by atoms with van der Waals surface area (Å²) in [6, 6.07) is 21.2. The van der Waals surface area contributed by atoms with Gasteiger partial charge in [0.05, 0.1) is 23.4 Å². The number of halogens is 1. The van der Waals surface area contributed by atoms with Gasteiger partial charge in [0.2, 0.25) is 5.91 Å². The van der Waals surface area contributed by atoms with Crippen LogP contribution in [-0.4, -0.2) is 47.7 Å². The van der Waals surface area contributed by atoms with Crippen molar-refractivity contribution in [3.63, 3.8) is 0 Å². The Bertz CT molecular complexity index is 1300. The fourth-order valence-electron chi connectivity index (χ4n) is 5.15. The predicted octanol–water partition coefficient (Wildman–Crippen LogP) is 4.50. The van der Waals surface area contributed by atoms with E-state index in [1.54, 1.807) is 29.2 Å². The summed E-state index contributed by atoms with van der Waals surface area (Å²) in [6.07, 6.45) is 1.35. The van der Waals surface area contributed by atoms with Crippen LogP contribution in [-0.2, 0) is 17.9 Å². The van der Waals surface area contributed by atoms with E-state index in [9.17, 15) is 18.8 Å². The van der Waals surface area contributed by atoms with Crippen LogP contribution in [0.1, 0.15) is 44.7 Å². The SMILES string of the molecule is CN(Cc1ccccc1)C(=O)C1CCN(c2cccc3c2C(=O)N(Cc2cccc(F)c2)C3=O)CC1. The summed E-state index contributed by atoms with van der Waals surface area (Å²) in [6.45, 7) is 1.84. The standard InChI is InChI=1S/C29H28FN3O3/c1-31(18-20-7-3-2-4-8-20)27(34)22-13-15-32(16-14-22)25-12-6-11-24-26(25)29(36)33(28(24)35)19-21-9-5-10-23(30)17-21/h2-12,17,22H,13-16,18-19H2,1H3. The van der Waals surface area contributed by atoms with Crippen LogP contribution in [0.4, 0.5) is 10.1 Å². The molecule has 0 aromatic heterocycles. The van der Waals surface area contributed by atoms with Gasteiger partial charge in [0.1, 0.15) is 5.82 Å². The van der Waals surface area contributed by atoms with Crippen molar-refractivity contribution in [3.05, 3.63) is 101 Å². The molecule has 0 atom stereocenters. The minimum atomic E-state index is -0.406. The van der Waals surface area contributed by atoms with Crippen LogP contribution in [0.3, 0.4) is 0 Å². The smallest absolute Gasteiger partial charge is 0.263 e. The monoisotopic (exact) mass is 485 g/mol. The molecule has 1 saturated heterocycles. The Morgan fingerprint density at radius 3 is 2.33 bits per heavy atom. The molecular formula is C29H28FN3O3. The van der Waals surface area contributed by atoms with E-state index in [1.165, 1.54) is 17.0 Å². The zero-order chi connectivity index (χ0) is 25.2. The average molecular weight is 486 g/mol. The summed E-state index contributed by atoms with van der Waals surface area (Å²) >= 11 is 0. The molecule has 36 heavy (non-hydrogen) atoms. The highest BCUT2D eigenvalue weighted by Crippen LogP contribution is 2.35. The summed E-state index contributed by atoms with van der Waals surface area (Å²) in [5, 5.41) is 0. The van der Waals surface area contributed by atoms with Gasteiger partial charge in [-0.2, -0.15) is 0 Å². The Morgan fingerprint density at radius 2 is 1.61 bits per heavy atom. The summed E-state index contributed by atoms with van der Waals surface area (Å²) in [5.41, 5.74) is 3.14. The van der Waals surface area contributed by atoms with Crippen LogP contribution < -0.4 is 4.90 Å². The fraction of sp³-hybridized carbons (Fsp3) is 0.276. The Hall–Kier alpha value is -4.00. The number of fused-ring (bicyclic) bond motifs is 1. The molecule has 2 heterocycles. The number of piperidine rings is 1. The van der Waals surface area contributed by atoms with Crippen molar-refractivity contribution >= 4 is 23.4 Å². The molecule has 2 aliphatic rings. The fourth-order valence-corrected chi connectivity index (χ4v) is 5.15. The lowest BCUT2D eigenvalue weighted by molar-refractivity contribution is -0.135. The summed E-state index contributed by atoms with van der Waals surface area (Å²) in [4.78, 5) is 44.5. The van der Waals surface area contributed by atoms with Crippen molar-refractivity contribution in [2.24, 2.45) is 5.92 Å². The number of amides is 3. The first kappa shape index (κ1) is 23.7. The third kappa shape index (κ3) is 4.61. The van der Waals surface area contributed by atoms with Gasteiger partial charge in [-0.1, -0.05) is 48.5 Å². The molecule has 5 rings (SSSR count).